The van der Waals surface area contributed by atoms with Crippen LogP contribution < -0.4 is 0 Å². The van der Waals surface area contributed by atoms with Crippen molar-refractivity contribution in [2.24, 2.45) is 5.92 Å². The Hall–Kier alpha value is -2.50. The van der Waals surface area contributed by atoms with Crippen LogP contribution in [0.2, 0.25) is 0 Å². The molecule has 1 heterocycles. The van der Waals surface area contributed by atoms with Crippen LogP contribution in [0.4, 0.5) is 0 Å². The van der Waals surface area contributed by atoms with Crippen LogP contribution in [-0.2, 0) is 14.3 Å². The van der Waals surface area contributed by atoms with Crippen LogP contribution in [0.5, 0.6) is 0 Å². The summed E-state index contributed by atoms with van der Waals surface area (Å²) in [5, 5.41) is 0. The summed E-state index contributed by atoms with van der Waals surface area (Å²) in [6.07, 6.45) is 2.07. The summed E-state index contributed by atoms with van der Waals surface area (Å²) in [6, 6.07) is 5.52. The Bertz CT molecular complexity index is 719. The molecular formula is C20H23NO5. The molecule has 1 aromatic carbocycles. The zero-order valence-corrected chi connectivity index (χ0v) is 15.1. The van der Waals surface area contributed by atoms with Crippen molar-refractivity contribution in [2.45, 2.75) is 58.1 Å². The van der Waals surface area contributed by atoms with E-state index in [0.717, 1.165) is 17.7 Å². The Kier molecular flexibility index (Phi) is 5.20. The molecule has 2 atom stereocenters. The molecular weight excluding hydrogens is 334 g/mol. The summed E-state index contributed by atoms with van der Waals surface area (Å²) in [6.45, 7) is 3.81. The highest BCUT2D eigenvalue weighted by Gasteiger charge is 2.44. The molecule has 3 rings (SSSR count). The molecule has 6 nitrogen and oxygen atoms in total. The van der Waals surface area contributed by atoms with E-state index in [0.29, 0.717) is 30.4 Å². The number of hydrogen-bond acceptors (Lipinski definition) is 5. The van der Waals surface area contributed by atoms with E-state index in [1.807, 2.05) is 13.8 Å². The maximum Gasteiger partial charge on any atom is 0.330 e. The Morgan fingerprint density at radius 1 is 1.12 bits per heavy atom. The summed E-state index contributed by atoms with van der Waals surface area (Å²) in [7, 11) is 0. The SMILES string of the molecule is CC(C)C[C@H](C(=O)O[C@H]1CCCCC1=O)N1C(=O)c2ccccc2C1=O. The number of hydrogen-bond donors (Lipinski definition) is 0. The van der Waals surface area contributed by atoms with E-state index in [1.165, 1.54) is 0 Å². The Balaban J connectivity index is 1.84. The number of ketones is 1. The standard InChI is InChI=1S/C20H23NO5/c1-12(2)11-15(20(25)26-17-10-6-5-9-16(17)22)21-18(23)13-7-3-4-8-14(13)19(21)24/h3-4,7-8,12,15,17H,5-6,9-11H2,1-2H3/t15-,17+/m1/s1. The predicted octanol–water partition coefficient (Wildman–Crippen LogP) is 2.75. The lowest BCUT2D eigenvalue weighted by molar-refractivity contribution is -0.160. The summed E-state index contributed by atoms with van der Waals surface area (Å²) in [4.78, 5) is 51.2. The topological polar surface area (TPSA) is 80.8 Å². The Morgan fingerprint density at radius 2 is 1.73 bits per heavy atom. The van der Waals surface area contributed by atoms with E-state index in [4.69, 9.17) is 4.74 Å². The van der Waals surface area contributed by atoms with Gasteiger partial charge in [-0.05, 0) is 43.7 Å². The molecule has 0 radical (unpaired) electrons. The van der Waals surface area contributed by atoms with E-state index < -0.39 is 29.9 Å². The van der Waals surface area contributed by atoms with E-state index in [2.05, 4.69) is 0 Å². The molecule has 0 bridgehead atoms. The van der Waals surface area contributed by atoms with Gasteiger partial charge in [0.1, 0.15) is 6.04 Å². The molecule has 1 aliphatic carbocycles. The first-order valence-corrected chi connectivity index (χ1v) is 9.10. The number of amides is 2. The van der Waals surface area contributed by atoms with Crippen molar-refractivity contribution in [2.75, 3.05) is 0 Å². The van der Waals surface area contributed by atoms with Gasteiger partial charge in [0.25, 0.3) is 11.8 Å². The number of carbonyl (C=O) groups excluding carboxylic acids is 4. The van der Waals surface area contributed by atoms with E-state index in [9.17, 15) is 19.2 Å². The summed E-state index contributed by atoms with van der Waals surface area (Å²) < 4.78 is 5.44. The fourth-order valence-corrected chi connectivity index (χ4v) is 3.54. The van der Waals surface area contributed by atoms with Gasteiger partial charge in [-0.15, -0.1) is 0 Å². The highest BCUT2D eigenvalue weighted by molar-refractivity contribution is 6.22. The predicted molar refractivity (Wildman–Crippen MR) is 93.5 cm³/mol. The first-order valence-electron chi connectivity index (χ1n) is 9.10. The molecule has 0 aromatic heterocycles. The van der Waals surface area contributed by atoms with Crippen molar-refractivity contribution >= 4 is 23.6 Å². The minimum atomic E-state index is -1.02. The number of benzene rings is 1. The van der Waals surface area contributed by atoms with Gasteiger partial charge in [0.2, 0.25) is 0 Å². The number of carbonyl (C=O) groups is 4. The molecule has 6 heteroatoms. The molecule has 0 N–H and O–H groups in total. The van der Waals surface area contributed by atoms with Crippen molar-refractivity contribution < 1.29 is 23.9 Å². The van der Waals surface area contributed by atoms with Crippen molar-refractivity contribution in [3.63, 3.8) is 0 Å². The zero-order chi connectivity index (χ0) is 18.8. The summed E-state index contributed by atoms with van der Waals surface area (Å²) in [5.74, 6) is -1.66. The lowest BCUT2D eigenvalue weighted by Crippen LogP contribution is -2.48. The van der Waals surface area contributed by atoms with Crippen molar-refractivity contribution in [1.29, 1.82) is 0 Å². The van der Waals surface area contributed by atoms with Gasteiger partial charge in [0.05, 0.1) is 11.1 Å². The Labute approximate surface area is 152 Å². The normalized spacial score (nSPS) is 21.1. The minimum Gasteiger partial charge on any atom is -0.453 e. The molecule has 0 saturated heterocycles. The molecule has 1 aliphatic heterocycles. The fraction of sp³-hybridized carbons (Fsp3) is 0.500. The number of Topliss-reactive ketones (excluding diaryl/α,β-unsaturated/α-hetero) is 1. The quantitative estimate of drug-likeness (QED) is 0.598. The summed E-state index contributed by atoms with van der Waals surface area (Å²) >= 11 is 0. The second-order valence-corrected chi connectivity index (χ2v) is 7.31. The smallest absolute Gasteiger partial charge is 0.330 e. The average Bonchev–Trinajstić information content (AvgIpc) is 2.86. The second-order valence-electron chi connectivity index (χ2n) is 7.31. The third-order valence-electron chi connectivity index (χ3n) is 4.86. The maximum atomic E-state index is 12.8. The first kappa shape index (κ1) is 18.3. The molecule has 2 amide bonds. The largest absolute Gasteiger partial charge is 0.453 e. The lowest BCUT2D eigenvalue weighted by atomic mass is 9.96. The van der Waals surface area contributed by atoms with Crippen LogP contribution in [0.15, 0.2) is 24.3 Å². The molecule has 26 heavy (non-hydrogen) atoms. The number of imide groups is 1. The second kappa shape index (κ2) is 7.40. The van der Waals surface area contributed by atoms with Gasteiger partial charge in [0.15, 0.2) is 11.9 Å². The van der Waals surface area contributed by atoms with Crippen LogP contribution in [0.3, 0.4) is 0 Å². The molecule has 0 unspecified atom stereocenters. The van der Waals surface area contributed by atoms with Crippen LogP contribution in [-0.4, -0.2) is 40.6 Å². The van der Waals surface area contributed by atoms with Crippen molar-refractivity contribution in [3.8, 4) is 0 Å². The van der Waals surface area contributed by atoms with Crippen LogP contribution >= 0.6 is 0 Å². The van der Waals surface area contributed by atoms with E-state index >= 15 is 0 Å². The van der Waals surface area contributed by atoms with Gasteiger partial charge < -0.3 is 4.74 Å². The number of rotatable bonds is 5. The van der Waals surface area contributed by atoms with Crippen LogP contribution in [0.1, 0.15) is 66.7 Å². The number of fused-ring (bicyclic) bond motifs is 1. The third-order valence-corrected chi connectivity index (χ3v) is 4.86. The molecule has 138 valence electrons. The third kappa shape index (κ3) is 3.41. The summed E-state index contributed by atoms with van der Waals surface area (Å²) in [5.41, 5.74) is 0.598. The maximum absolute atomic E-state index is 12.8. The highest BCUT2D eigenvalue weighted by atomic mass is 16.5. The van der Waals surface area contributed by atoms with Gasteiger partial charge in [-0.1, -0.05) is 26.0 Å². The monoisotopic (exact) mass is 357 g/mol. The minimum absolute atomic E-state index is 0.0684. The van der Waals surface area contributed by atoms with Crippen LogP contribution in [0.25, 0.3) is 0 Å². The van der Waals surface area contributed by atoms with E-state index in [-0.39, 0.29) is 11.7 Å². The van der Waals surface area contributed by atoms with Gasteiger partial charge in [0, 0.05) is 6.42 Å². The van der Waals surface area contributed by atoms with Gasteiger partial charge in [-0.25, -0.2) is 4.79 Å². The zero-order valence-electron chi connectivity index (χ0n) is 15.1. The Morgan fingerprint density at radius 3 is 2.27 bits per heavy atom. The van der Waals surface area contributed by atoms with Gasteiger partial charge >= 0.3 is 5.97 Å². The van der Waals surface area contributed by atoms with Gasteiger partial charge in [-0.2, -0.15) is 0 Å². The molecule has 1 aromatic rings. The number of ether oxygens (including phenoxy) is 1. The van der Waals surface area contributed by atoms with Crippen molar-refractivity contribution in [3.05, 3.63) is 35.4 Å². The number of esters is 1. The van der Waals surface area contributed by atoms with E-state index in [1.54, 1.807) is 24.3 Å². The molecule has 0 spiro atoms. The van der Waals surface area contributed by atoms with Gasteiger partial charge in [-0.3, -0.25) is 19.3 Å². The molecule has 1 saturated carbocycles. The highest BCUT2D eigenvalue weighted by Crippen LogP contribution is 2.28. The molecule has 2 aliphatic rings. The molecule has 1 fully saturated rings. The number of nitrogens with zero attached hydrogens (tertiary/aromatic N) is 1. The first-order chi connectivity index (χ1) is 12.4. The average molecular weight is 357 g/mol. The van der Waals surface area contributed by atoms with Crippen LogP contribution in [0, 0.1) is 5.92 Å². The lowest BCUT2D eigenvalue weighted by Gasteiger charge is -2.28. The van der Waals surface area contributed by atoms with Crippen molar-refractivity contribution in [1.82, 2.24) is 4.90 Å². The fourth-order valence-electron chi connectivity index (χ4n) is 3.54.